The van der Waals surface area contributed by atoms with E-state index < -0.39 is 0 Å². The van der Waals surface area contributed by atoms with E-state index in [1.807, 2.05) is 0 Å². The molecule has 2 unspecified atom stereocenters. The number of hydrogen-bond acceptors (Lipinski definition) is 2. The second-order valence-corrected chi connectivity index (χ2v) is 5.34. The topological polar surface area (TPSA) is 55.1 Å². The van der Waals surface area contributed by atoms with Gasteiger partial charge in [-0.25, -0.2) is 0 Å². The number of carbonyl (C=O) groups is 1. The summed E-state index contributed by atoms with van der Waals surface area (Å²) in [7, 11) is 0. The van der Waals surface area contributed by atoms with Crippen LogP contribution in [0.1, 0.15) is 40.0 Å². The Hall–Kier alpha value is -0.570. The zero-order chi connectivity index (χ0) is 10.8. The zero-order valence-electron chi connectivity index (χ0n) is 9.47. The van der Waals surface area contributed by atoms with Crippen molar-refractivity contribution >= 4 is 5.91 Å². The quantitative estimate of drug-likeness (QED) is 0.717. The Bertz CT molecular complexity index is 213. The van der Waals surface area contributed by atoms with E-state index in [0.717, 1.165) is 6.42 Å². The molecule has 1 aliphatic carbocycles. The van der Waals surface area contributed by atoms with Gasteiger partial charge in [0.15, 0.2) is 0 Å². The summed E-state index contributed by atoms with van der Waals surface area (Å²) >= 11 is 0. The van der Waals surface area contributed by atoms with Crippen molar-refractivity contribution in [1.82, 2.24) is 5.32 Å². The summed E-state index contributed by atoms with van der Waals surface area (Å²) in [5, 5.41) is 3.23. The molecule has 3 heteroatoms. The fourth-order valence-electron chi connectivity index (χ4n) is 2.48. The monoisotopic (exact) mass is 198 g/mol. The van der Waals surface area contributed by atoms with Gasteiger partial charge < -0.3 is 11.1 Å². The first-order chi connectivity index (χ1) is 6.41. The van der Waals surface area contributed by atoms with Crippen LogP contribution < -0.4 is 11.1 Å². The third-order valence-electron chi connectivity index (χ3n) is 3.23. The molecule has 0 radical (unpaired) electrons. The van der Waals surface area contributed by atoms with Crippen molar-refractivity contribution in [1.29, 1.82) is 0 Å². The van der Waals surface area contributed by atoms with E-state index in [1.165, 1.54) is 12.8 Å². The van der Waals surface area contributed by atoms with Crippen molar-refractivity contribution in [2.75, 3.05) is 6.54 Å². The molecule has 0 saturated heterocycles. The van der Waals surface area contributed by atoms with Crippen LogP contribution in [0.2, 0.25) is 0 Å². The standard InChI is InChI=1S/C11H22N2O/c1-8-6-11(2,3)5-4-9(8)13-7-10(12)14/h8-9,13H,4-7H2,1-3H3,(H2,12,14). The summed E-state index contributed by atoms with van der Waals surface area (Å²) in [5.74, 6) is 0.375. The highest BCUT2D eigenvalue weighted by molar-refractivity contribution is 5.75. The van der Waals surface area contributed by atoms with Crippen LogP contribution in [0.5, 0.6) is 0 Å². The molecule has 0 aromatic rings. The van der Waals surface area contributed by atoms with Gasteiger partial charge in [-0.2, -0.15) is 0 Å². The summed E-state index contributed by atoms with van der Waals surface area (Å²) in [6, 6.07) is 0.468. The molecule has 3 nitrogen and oxygen atoms in total. The molecule has 0 aromatic heterocycles. The van der Waals surface area contributed by atoms with Crippen LogP contribution in [-0.4, -0.2) is 18.5 Å². The SMILES string of the molecule is CC1CC(C)(C)CCC1NCC(N)=O. The summed E-state index contributed by atoms with van der Waals surface area (Å²) in [4.78, 5) is 10.6. The lowest BCUT2D eigenvalue weighted by atomic mass is 9.70. The molecular formula is C11H22N2O. The fraction of sp³-hybridized carbons (Fsp3) is 0.909. The van der Waals surface area contributed by atoms with Crippen molar-refractivity contribution in [2.24, 2.45) is 17.1 Å². The number of nitrogens with one attached hydrogen (secondary N) is 1. The molecule has 1 amide bonds. The van der Waals surface area contributed by atoms with Crippen LogP contribution >= 0.6 is 0 Å². The van der Waals surface area contributed by atoms with Crippen LogP contribution in [0.4, 0.5) is 0 Å². The minimum absolute atomic E-state index is 0.262. The Morgan fingerprint density at radius 2 is 2.21 bits per heavy atom. The van der Waals surface area contributed by atoms with Crippen molar-refractivity contribution < 1.29 is 4.79 Å². The largest absolute Gasteiger partial charge is 0.369 e. The number of carbonyl (C=O) groups excluding carboxylic acids is 1. The van der Waals surface area contributed by atoms with Gasteiger partial charge in [0.25, 0.3) is 0 Å². The summed E-state index contributed by atoms with van der Waals surface area (Å²) in [5.41, 5.74) is 5.57. The number of amides is 1. The molecule has 0 bridgehead atoms. The Morgan fingerprint density at radius 1 is 1.57 bits per heavy atom. The molecular weight excluding hydrogens is 176 g/mol. The molecule has 0 spiro atoms. The zero-order valence-corrected chi connectivity index (χ0v) is 9.47. The van der Waals surface area contributed by atoms with E-state index in [2.05, 4.69) is 26.1 Å². The predicted molar refractivity (Wildman–Crippen MR) is 57.8 cm³/mol. The predicted octanol–water partition coefficient (Wildman–Crippen LogP) is 1.28. The van der Waals surface area contributed by atoms with Crippen LogP contribution in [-0.2, 0) is 4.79 Å². The first kappa shape index (κ1) is 11.5. The van der Waals surface area contributed by atoms with Gasteiger partial charge >= 0.3 is 0 Å². The lowest BCUT2D eigenvalue weighted by Crippen LogP contribution is -2.44. The first-order valence-corrected chi connectivity index (χ1v) is 5.42. The van der Waals surface area contributed by atoms with Gasteiger partial charge in [-0.05, 0) is 30.6 Å². The van der Waals surface area contributed by atoms with Crippen molar-refractivity contribution in [3.8, 4) is 0 Å². The summed E-state index contributed by atoms with van der Waals surface area (Å²) < 4.78 is 0. The Balaban J connectivity index is 2.38. The van der Waals surface area contributed by atoms with E-state index in [4.69, 9.17) is 5.73 Å². The lowest BCUT2D eigenvalue weighted by Gasteiger charge is -2.39. The Kier molecular flexibility index (Phi) is 3.53. The minimum Gasteiger partial charge on any atom is -0.369 e. The second-order valence-electron chi connectivity index (χ2n) is 5.34. The Morgan fingerprint density at radius 3 is 2.71 bits per heavy atom. The molecule has 14 heavy (non-hydrogen) atoms. The maximum atomic E-state index is 10.6. The number of primary amides is 1. The molecule has 1 fully saturated rings. The fourth-order valence-corrected chi connectivity index (χ4v) is 2.48. The van der Waals surface area contributed by atoms with Crippen molar-refractivity contribution in [3.05, 3.63) is 0 Å². The van der Waals surface area contributed by atoms with Gasteiger partial charge in [0.2, 0.25) is 5.91 Å². The number of hydrogen-bond donors (Lipinski definition) is 2. The molecule has 1 rings (SSSR count). The molecule has 0 aliphatic heterocycles. The van der Waals surface area contributed by atoms with E-state index in [9.17, 15) is 4.79 Å². The maximum Gasteiger partial charge on any atom is 0.231 e. The average molecular weight is 198 g/mol. The highest BCUT2D eigenvalue weighted by Crippen LogP contribution is 2.38. The lowest BCUT2D eigenvalue weighted by molar-refractivity contribution is -0.117. The summed E-state index contributed by atoms with van der Waals surface area (Å²) in [6.07, 6.45) is 3.61. The van der Waals surface area contributed by atoms with E-state index in [1.54, 1.807) is 0 Å². The maximum absolute atomic E-state index is 10.6. The van der Waals surface area contributed by atoms with Gasteiger partial charge in [-0.3, -0.25) is 4.79 Å². The third kappa shape index (κ3) is 3.29. The van der Waals surface area contributed by atoms with Crippen molar-refractivity contribution in [2.45, 2.75) is 46.1 Å². The van der Waals surface area contributed by atoms with Gasteiger partial charge in [-0.15, -0.1) is 0 Å². The molecule has 82 valence electrons. The molecule has 2 atom stereocenters. The van der Waals surface area contributed by atoms with Gasteiger partial charge in [0, 0.05) is 6.04 Å². The average Bonchev–Trinajstić information content (AvgIpc) is 2.00. The highest BCUT2D eigenvalue weighted by Gasteiger charge is 2.31. The summed E-state index contributed by atoms with van der Waals surface area (Å²) in [6.45, 7) is 7.19. The van der Waals surface area contributed by atoms with Gasteiger partial charge in [-0.1, -0.05) is 20.8 Å². The second kappa shape index (κ2) is 4.30. The molecule has 1 aliphatic rings. The van der Waals surface area contributed by atoms with Gasteiger partial charge in [0.1, 0.15) is 0 Å². The highest BCUT2D eigenvalue weighted by atomic mass is 16.1. The van der Waals surface area contributed by atoms with E-state index in [-0.39, 0.29) is 5.91 Å². The number of rotatable bonds is 3. The number of nitrogens with two attached hydrogens (primary N) is 1. The smallest absolute Gasteiger partial charge is 0.231 e. The van der Waals surface area contributed by atoms with Gasteiger partial charge in [0.05, 0.1) is 6.54 Å². The van der Waals surface area contributed by atoms with E-state index in [0.29, 0.717) is 23.9 Å². The molecule has 1 saturated carbocycles. The third-order valence-corrected chi connectivity index (χ3v) is 3.23. The normalized spacial score (nSPS) is 31.4. The van der Waals surface area contributed by atoms with Crippen LogP contribution in [0.25, 0.3) is 0 Å². The van der Waals surface area contributed by atoms with E-state index >= 15 is 0 Å². The van der Waals surface area contributed by atoms with Crippen LogP contribution in [0, 0.1) is 11.3 Å². The van der Waals surface area contributed by atoms with Crippen LogP contribution in [0.3, 0.4) is 0 Å². The minimum atomic E-state index is -0.262. The molecule has 0 heterocycles. The Labute approximate surface area is 86.4 Å². The molecule has 3 N–H and O–H groups in total. The van der Waals surface area contributed by atoms with Crippen molar-refractivity contribution in [3.63, 3.8) is 0 Å². The first-order valence-electron chi connectivity index (χ1n) is 5.42. The molecule has 0 aromatic carbocycles. The van der Waals surface area contributed by atoms with Crippen LogP contribution in [0.15, 0.2) is 0 Å².